The minimum atomic E-state index is 0.403. The minimum absolute atomic E-state index is 0.403. The van der Waals surface area contributed by atoms with Crippen LogP contribution in [0.15, 0.2) is 0 Å². The average molecular weight is 226 g/mol. The Labute approximate surface area is 99.3 Å². The van der Waals surface area contributed by atoms with Gasteiger partial charge in [0.2, 0.25) is 0 Å². The fraction of sp³-hybridized carbons (Fsp3) is 1.00. The van der Waals surface area contributed by atoms with Crippen molar-refractivity contribution in [3.8, 4) is 0 Å². The summed E-state index contributed by atoms with van der Waals surface area (Å²) in [5.41, 5.74) is 6.08. The van der Waals surface area contributed by atoms with Gasteiger partial charge in [-0.1, -0.05) is 13.8 Å². The number of ether oxygens (including phenoxy) is 1. The van der Waals surface area contributed by atoms with E-state index in [1.54, 1.807) is 0 Å². The Bertz CT molecular complexity index is 206. The molecule has 0 aromatic heterocycles. The molecule has 2 saturated heterocycles. The molecule has 0 aliphatic carbocycles. The topological polar surface area (TPSA) is 38.5 Å². The Hall–Kier alpha value is -0.120. The summed E-state index contributed by atoms with van der Waals surface area (Å²) in [5, 5.41) is 0. The molecule has 2 heterocycles. The van der Waals surface area contributed by atoms with Gasteiger partial charge in [-0.05, 0) is 38.1 Å². The molecule has 2 unspecified atom stereocenters. The number of fused-ring (bicyclic) bond motifs is 2. The summed E-state index contributed by atoms with van der Waals surface area (Å²) in [6.07, 6.45) is 4.90. The predicted molar refractivity (Wildman–Crippen MR) is 66.4 cm³/mol. The van der Waals surface area contributed by atoms with Crippen LogP contribution in [0.5, 0.6) is 0 Å². The molecule has 94 valence electrons. The molecule has 0 saturated carbocycles. The number of nitrogens with two attached hydrogens (primary N) is 1. The van der Waals surface area contributed by atoms with Crippen molar-refractivity contribution < 1.29 is 4.74 Å². The number of rotatable bonds is 4. The van der Waals surface area contributed by atoms with Crippen LogP contribution in [0.25, 0.3) is 0 Å². The first-order chi connectivity index (χ1) is 7.66. The van der Waals surface area contributed by atoms with Gasteiger partial charge in [-0.2, -0.15) is 0 Å². The third kappa shape index (κ3) is 2.96. The maximum absolute atomic E-state index is 6.08. The molecule has 0 amide bonds. The molecule has 3 nitrogen and oxygen atoms in total. The third-order valence-corrected chi connectivity index (χ3v) is 3.91. The summed E-state index contributed by atoms with van der Waals surface area (Å²) in [4.78, 5) is 2.66. The Morgan fingerprint density at radius 1 is 1.25 bits per heavy atom. The van der Waals surface area contributed by atoms with Crippen molar-refractivity contribution in [1.82, 2.24) is 4.90 Å². The van der Waals surface area contributed by atoms with E-state index in [0.717, 1.165) is 32.0 Å². The van der Waals surface area contributed by atoms with E-state index < -0.39 is 0 Å². The van der Waals surface area contributed by atoms with Gasteiger partial charge in [0.25, 0.3) is 0 Å². The standard InChI is InChI=1S/C13H26N2O/c1-10(2)4-3-5-15-12-6-11(14)7-13(15)9-16-8-12/h10-13H,3-9,14H2,1-2H3. The SMILES string of the molecule is CC(C)CCCN1C2COCC1CC(N)C2. The molecule has 2 N–H and O–H groups in total. The molecule has 2 bridgehead atoms. The predicted octanol–water partition coefficient (Wildman–Crippen LogP) is 1.61. The molecule has 0 aromatic rings. The van der Waals surface area contributed by atoms with E-state index in [0.29, 0.717) is 18.1 Å². The average Bonchev–Trinajstić information content (AvgIpc) is 2.18. The quantitative estimate of drug-likeness (QED) is 0.791. The zero-order valence-corrected chi connectivity index (χ0v) is 10.7. The van der Waals surface area contributed by atoms with Gasteiger partial charge in [-0.15, -0.1) is 0 Å². The molecule has 0 aromatic carbocycles. The van der Waals surface area contributed by atoms with Crippen molar-refractivity contribution in [2.24, 2.45) is 11.7 Å². The Kier molecular flexibility index (Phi) is 4.22. The van der Waals surface area contributed by atoms with E-state index in [9.17, 15) is 0 Å². The van der Waals surface area contributed by atoms with Crippen LogP contribution in [0, 0.1) is 5.92 Å². The van der Waals surface area contributed by atoms with E-state index in [-0.39, 0.29) is 0 Å². The first kappa shape index (κ1) is 12.3. The van der Waals surface area contributed by atoms with Crippen LogP contribution in [0.2, 0.25) is 0 Å². The van der Waals surface area contributed by atoms with Crippen molar-refractivity contribution >= 4 is 0 Å². The maximum Gasteiger partial charge on any atom is 0.0623 e. The molecule has 0 spiro atoms. The first-order valence-corrected chi connectivity index (χ1v) is 6.76. The van der Waals surface area contributed by atoms with Crippen molar-refractivity contribution in [1.29, 1.82) is 0 Å². The van der Waals surface area contributed by atoms with Crippen molar-refractivity contribution in [3.05, 3.63) is 0 Å². The zero-order chi connectivity index (χ0) is 11.5. The summed E-state index contributed by atoms with van der Waals surface area (Å²) in [6, 6.07) is 1.59. The third-order valence-electron chi connectivity index (χ3n) is 3.91. The summed E-state index contributed by atoms with van der Waals surface area (Å²) in [5.74, 6) is 0.822. The molecule has 2 fully saturated rings. The smallest absolute Gasteiger partial charge is 0.0623 e. The molecular weight excluding hydrogens is 200 g/mol. The zero-order valence-electron chi connectivity index (χ0n) is 10.7. The Morgan fingerprint density at radius 2 is 1.88 bits per heavy atom. The number of hydrogen-bond acceptors (Lipinski definition) is 3. The van der Waals surface area contributed by atoms with Crippen molar-refractivity contribution in [2.45, 2.75) is 57.7 Å². The highest BCUT2D eigenvalue weighted by Crippen LogP contribution is 2.27. The van der Waals surface area contributed by atoms with Crippen LogP contribution in [-0.2, 0) is 4.74 Å². The van der Waals surface area contributed by atoms with Crippen LogP contribution in [0.3, 0.4) is 0 Å². The summed E-state index contributed by atoms with van der Waals surface area (Å²) in [7, 11) is 0. The monoisotopic (exact) mass is 226 g/mol. The highest BCUT2D eigenvalue weighted by atomic mass is 16.5. The summed E-state index contributed by atoms with van der Waals surface area (Å²) in [6.45, 7) is 7.63. The largest absolute Gasteiger partial charge is 0.378 e. The lowest BCUT2D eigenvalue weighted by Crippen LogP contribution is -2.59. The van der Waals surface area contributed by atoms with Gasteiger partial charge >= 0.3 is 0 Å². The number of piperidine rings is 1. The van der Waals surface area contributed by atoms with Crippen LogP contribution < -0.4 is 5.73 Å². The first-order valence-electron chi connectivity index (χ1n) is 6.76. The van der Waals surface area contributed by atoms with E-state index in [1.165, 1.54) is 19.4 Å². The van der Waals surface area contributed by atoms with Gasteiger partial charge in [-0.3, -0.25) is 4.90 Å². The second-order valence-corrected chi connectivity index (χ2v) is 5.85. The van der Waals surface area contributed by atoms with E-state index in [2.05, 4.69) is 18.7 Å². The second kappa shape index (κ2) is 5.48. The second-order valence-electron chi connectivity index (χ2n) is 5.85. The number of nitrogens with zero attached hydrogens (tertiary/aromatic N) is 1. The van der Waals surface area contributed by atoms with Gasteiger partial charge in [-0.25, -0.2) is 0 Å². The molecule has 2 aliphatic heterocycles. The number of morpholine rings is 1. The van der Waals surface area contributed by atoms with Crippen molar-refractivity contribution in [2.75, 3.05) is 19.8 Å². The molecule has 2 aliphatic rings. The van der Waals surface area contributed by atoms with E-state index in [1.807, 2.05) is 0 Å². The Balaban J connectivity index is 1.83. The summed E-state index contributed by atoms with van der Waals surface area (Å²) < 4.78 is 5.65. The fourth-order valence-corrected chi connectivity index (χ4v) is 3.08. The molecule has 2 rings (SSSR count). The highest BCUT2D eigenvalue weighted by Gasteiger charge is 2.37. The van der Waals surface area contributed by atoms with Crippen molar-refractivity contribution in [3.63, 3.8) is 0 Å². The normalized spacial score (nSPS) is 35.6. The number of hydrogen-bond donors (Lipinski definition) is 1. The molecule has 0 radical (unpaired) electrons. The summed E-state index contributed by atoms with van der Waals surface area (Å²) >= 11 is 0. The van der Waals surface area contributed by atoms with Gasteiger partial charge < -0.3 is 10.5 Å². The molecule has 2 atom stereocenters. The van der Waals surface area contributed by atoms with Crippen LogP contribution in [0.1, 0.15) is 39.5 Å². The van der Waals surface area contributed by atoms with Crippen LogP contribution >= 0.6 is 0 Å². The van der Waals surface area contributed by atoms with Gasteiger partial charge in [0.1, 0.15) is 0 Å². The molecule has 16 heavy (non-hydrogen) atoms. The fourth-order valence-electron chi connectivity index (χ4n) is 3.08. The molecular formula is C13H26N2O. The van der Waals surface area contributed by atoms with Gasteiger partial charge in [0.15, 0.2) is 0 Å². The lowest BCUT2D eigenvalue weighted by Gasteiger charge is -2.47. The van der Waals surface area contributed by atoms with Crippen LogP contribution in [0.4, 0.5) is 0 Å². The van der Waals surface area contributed by atoms with Gasteiger partial charge in [0, 0.05) is 18.1 Å². The lowest BCUT2D eigenvalue weighted by molar-refractivity contribution is -0.0781. The maximum atomic E-state index is 6.08. The van der Waals surface area contributed by atoms with Gasteiger partial charge in [0.05, 0.1) is 13.2 Å². The molecule has 3 heteroatoms. The minimum Gasteiger partial charge on any atom is -0.378 e. The highest BCUT2D eigenvalue weighted by molar-refractivity contribution is 4.92. The van der Waals surface area contributed by atoms with E-state index in [4.69, 9.17) is 10.5 Å². The Morgan fingerprint density at radius 3 is 2.44 bits per heavy atom. The van der Waals surface area contributed by atoms with E-state index >= 15 is 0 Å². The van der Waals surface area contributed by atoms with Crippen LogP contribution in [-0.4, -0.2) is 42.8 Å². The lowest BCUT2D eigenvalue weighted by atomic mass is 9.90.